The van der Waals surface area contributed by atoms with E-state index in [-0.39, 0.29) is 6.04 Å². The van der Waals surface area contributed by atoms with E-state index in [9.17, 15) is 0 Å². The van der Waals surface area contributed by atoms with Gasteiger partial charge in [-0.1, -0.05) is 61.6 Å². The third-order valence-corrected chi connectivity index (χ3v) is 3.59. The Kier molecular flexibility index (Phi) is 8.45. The molecule has 23 heavy (non-hydrogen) atoms. The minimum Gasteiger partial charge on any atom is -0.378 e. The van der Waals surface area contributed by atoms with Crippen molar-refractivity contribution in [3.05, 3.63) is 83.7 Å². The van der Waals surface area contributed by atoms with Crippen LogP contribution in [0.1, 0.15) is 44.4 Å². The lowest BCUT2D eigenvalue weighted by Gasteiger charge is -2.17. The normalized spacial score (nSPS) is 16.7. The van der Waals surface area contributed by atoms with Gasteiger partial charge in [0.2, 0.25) is 0 Å². The molecule has 1 aliphatic heterocycles. The van der Waals surface area contributed by atoms with Crippen LogP contribution in [0.4, 0.5) is 0 Å². The van der Waals surface area contributed by atoms with E-state index < -0.39 is 0 Å². The quantitative estimate of drug-likeness (QED) is 0.713. The molecule has 1 aromatic carbocycles. The summed E-state index contributed by atoms with van der Waals surface area (Å²) in [6.45, 7) is 12.2. The number of allylic oxidation sites excluding steroid dienone is 5. The maximum atomic E-state index is 4.11. The van der Waals surface area contributed by atoms with Gasteiger partial charge in [0, 0.05) is 18.6 Å². The van der Waals surface area contributed by atoms with Gasteiger partial charge in [-0.15, -0.1) is 0 Å². The molecule has 1 aliphatic rings. The maximum absolute atomic E-state index is 4.11. The predicted octanol–water partition coefficient (Wildman–Crippen LogP) is 5.66. The first-order chi connectivity index (χ1) is 11.1. The molecule has 0 spiro atoms. The summed E-state index contributed by atoms with van der Waals surface area (Å²) in [6.07, 6.45) is 12.9. The molecule has 1 unspecified atom stereocenters. The Balaban J connectivity index is 0.000000241. The van der Waals surface area contributed by atoms with Crippen molar-refractivity contribution in [2.45, 2.75) is 40.2 Å². The second-order valence-electron chi connectivity index (χ2n) is 5.58. The van der Waals surface area contributed by atoms with E-state index in [2.05, 4.69) is 80.2 Å². The number of aliphatic imine (C=N–C) groups is 1. The Bertz CT molecular complexity index is 618. The minimum atomic E-state index is 0.228. The Morgan fingerprint density at radius 3 is 2.61 bits per heavy atom. The first kappa shape index (κ1) is 18.7. The zero-order chi connectivity index (χ0) is 17.1. The Hall–Kier alpha value is -2.35. The fourth-order valence-corrected chi connectivity index (χ4v) is 1.97. The van der Waals surface area contributed by atoms with Gasteiger partial charge in [-0.25, -0.2) is 0 Å². The summed E-state index contributed by atoms with van der Waals surface area (Å²) in [7, 11) is 0. The van der Waals surface area contributed by atoms with Crippen molar-refractivity contribution in [2.24, 2.45) is 4.99 Å². The van der Waals surface area contributed by atoms with Gasteiger partial charge in [0.05, 0.1) is 6.04 Å². The van der Waals surface area contributed by atoms with Crippen molar-refractivity contribution in [1.82, 2.24) is 5.32 Å². The number of benzene rings is 1. The van der Waals surface area contributed by atoms with E-state index in [1.807, 2.05) is 19.3 Å². The smallest absolute Gasteiger partial charge is 0.0868 e. The van der Waals surface area contributed by atoms with Crippen LogP contribution in [0, 0.1) is 6.92 Å². The predicted molar refractivity (Wildman–Crippen MR) is 103 cm³/mol. The number of hydrogen-bond acceptors (Lipinski definition) is 2. The van der Waals surface area contributed by atoms with Crippen LogP contribution in [0.25, 0.3) is 0 Å². The third kappa shape index (κ3) is 6.96. The second-order valence-corrected chi connectivity index (χ2v) is 5.58. The highest BCUT2D eigenvalue weighted by atomic mass is 14.9. The number of nitrogens with one attached hydrogen (secondary N) is 1. The lowest BCUT2D eigenvalue weighted by atomic mass is 10.0. The van der Waals surface area contributed by atoms with Gasteiger partial charge in [-0.2, -0.15) is 0 Å². The summed E-state index contributed by atoms with van der Waals surface area (Å²) in [4.78, 5) is 4.11. The molecule has 0 amide bonds. The zero-order valence-electron chi connectivity index (χ0n) is 14.7. The second kappa shape index (κ2) is 10.4. The molecule has 122 valence electrons. The molecule has 0 fully saturated rings. The molecule has 0 saturated heterocycles. The maximum Gasteiger partial charge on any atom is 0.0868 e. The summed E-state index contributed by atoms with van der Waals surface area (Å²) in [5.74, 6) is 0. The van der Waals surface area contributed by atoms with Crippen LogP contribution in [0.2, 0.25) is 0 Å². The van der Waals surface area contributed by atoms with Crippen LogP contribution in [0.15, 0.2) is 77.6 Å². The number of nitrogens with zero attached hydrogens (tertiary/aromatic N) is 1. The van der Waals surface area contributed by atoms with Crippen LogP contribution in [-0.2, 0) is 0 Å². The Morgan fingerprint density at radius 1 is 1.30 bits per heavy atom. The first-order valence-electron chi connectivity index (χ1n) is 8.05. The van der Waals surface area contributed by atoms with Gasteiger partial charge >= 0.3 is 0 Å². The van der Waals surface area contributed by atoms with Gasteiger partial charge in [-0.05, 0) is 43.9 Å². The summed E-state index contributed by atoms with van der Waals surface area (Å²) in [5, 5.41) is 3.25. The van der Waals surface area contributed by atoms with Crippen molar-refractivity contribution >= 4 is 6.21 Å². The van der Waals surface area contributed by atoms with E-state index in [4.69, 9.17) is 0 Å². The molecule has 0 aliphatic carbocycles. The molecule has 0 saturated carbocycles. The molecule has 1 atom stereocenters. The first-order valence-corrected chi connectivity index (χ1v) is 8.05. The number of aryl methyl sites for hydroxylation is 1. The minimum absolute atomic E-state index is 0.228. The fraction of sp³-hybridized carbons (Fsp3) is 0.286. The molecule has 1 heterocycles. The van der Waals surface area contributed by atoms with E-state index in [0.29, 0.717) is 0 Å². The van der Waals surface area contributed by atoms with Gasteiger partial charge < -0.3 is 5.32 Å². The summed E-state index contributed by atoms with van der Waals surface area (Å²) >= 11 is 0. The molecule has 1 aromatic rings. The summed E-state index contributed by atoms with van der Waals surface area (Å²) in [5.41, 5.74) is 4.97. The standard InChI is InChI=1S/C11H12N2.C10H16/c1-9-4-2-3-5-10(9)11-8-12-6-7-13-11;1-5-6-7-8-10(4)9(2)3/h2-8,11,13H,1H3;6-8H,2,5H2,1,3-4H3/b;7-6-,10-8-. The molecular formula is C21H28N2. The van der Waals surface area contributed by atoms with Gasteiger partial charge in [0.1, 0.15) is 0 Å². The van der Waals surface area contributed by atoms with E-state index in [1.165, 1.54) is 16.7 Å². The van der Waals surface area contributed by atoms with Gasteiger partial charge in [0.15, 0.2) is 0 Å². The summed E-state index contributed by atoms with van der Waals surface area (Å²) in [6, 6.07) is 8.57. The molecular weight excluding hydrogens is 280 g/mol. The molecule has 2 rings (SSSR count). The van der Waals surface area contributed by atoms with E-state index in [0.717, 1.165) is 12.0 Å². The van der Waals surface area contributed by atoms with Crippen LogP contribution in [0.3, 0.4) is 0 Å². The van der Waals surface area contributed by atoms with Crippen molar-refractivity contribution in [1.29, 1.82) is 0 Å². The average molecular weight is 308 g/mol. The molecule has 2 nitrogen and oxygen atoms in total. The monoisotopic (exact) mass is 308 g/mol. The number of rotatable bonds is 4. The molecule has 2 heteroatoms. The lowest BCUT2D eigenvalue weighted by Crippen LogP contribution is -2.19. The number of hydrogen-bond donors (Lipinski definition) is 1. The molecule has 0 bridgehead atoms. The van der Waals surface area contributed by atoms with E-state index >= 15 is 0 Å². The van der Waals surface area contributed by atoms with Crippen molar-refractivity contribution in [3.63, 3.8) is 0 Å². The van der Waals surface area contributed by atoms with Gasteiger partial charge in [0.25, 0.3) is 0 Å². The lowest BCUT2D eigenvalue weighted by molar-refractivity contribution is 0.787. The average Bonchev–Trinajstić information content (AvgIpc) is 2.57. The van der Waals surface area contributed by atoms with Crippen LogP contribution in [-0.4, -0.2) is 6.21 Å². The largest absolute Gasteiger partial charge is 0.378 e. The van der Waals surface area contributed by atoms with Gasteiger partial charge in [-0.3, -0.25) is 4.99 Å². The highest BCUT2D eigenvalue weighted by molar-refractivity contribution is 5.69. The third-order valence-electron chi connectivity index (χ3n) is 3.59. The van der Waals surface area contributed by atoms with E-state index in [1.54, 1.807) is 6.20 Å². The SMILES string of the molecule is C=C(C)/C(C)=C\C=C/CC.Cc1ccccc1C1C=NC=CN1. The fourth-order valence-electron chi connectivity index (χ4n) is 1.97. The Morgan fingerprint density at radius 2 is 2.04 bits per heavy atom. The molecule has 0 radical (unpaired) electrons. The van der Waals surface area contributed by atoms with Crippen molar-refractivity contribution in [2.75, 3.05) is 0 Å². The summed E-state index contributed by atoms with van der Waals surface area (Å²) < 4.78 is 0. The topological polar surface area (TPSA) is 24.4 Å². The van der Waals surface area contributed by atoms with Crippen LogP contribution >= 0.6 is 0 Å². The highest BCUT2D eigenvalue weighted by Crippen LogP contribution is 2.16. The Labute approximate surface area is 141 Å². The van der Waals surface area contributed by atoms with Crippen LogP contribution < -0.4 is 5.32 Å². The van der Waals surface area contributed by atoms with Crippen LogP contribution in [0.5, 0.6) is 0 Å². The highest BCUT2D eigenvalue weighted by Gasteiger charge is 2.09. The molecule has 1 N–H and O–H groups in total. The zero-order valence-corrected chi connectivity index (χ0v) is 14.7. The van der Waals surface area contributed by atoms with Crippen molar-refractivity contribution in [3.8, 4) is 0 Å². The molecule has 0 aromatic heterocycles. The van der Waals surface area contributed by atoms with Crippen molar-refractivity contribution < 1.29 is 0 Å².